The number of H-pyrrole nitrogens is 1. The number of hydrogen-bond acceptors (Lipinski definition) is 2. The fraction of sp³-hybridized carbons (Fsp3) is 0.545. The van der Waals surface area contributed by atoms with Crippen LogP contribution < -0.4 is 5.32 Å². The fourth-order valence-electron chi connectivity index (χ4n) is 1.79. The van der Waals surface area contributed by atoms with Crippen molar-refractivity contribution < 1.29 is 9.90 Å². The van der Waals surface area contributed by atoms with Gasteiger partial charge in [-0.05, 0) is 37.8 Å². The Balaban J connectivity index is 2.04. The van der Waals surface area contributed by atoms with E-state index in [-0.39, 0.29) is 12.5 Å². The highest BCUT2D eigenvalue weighted by molar-refractivity contribution is 5.92. The lowest BCUT2D eigenvalue weighted by Crippen LogP contribution is -2.50. The van der Waals surface area contributed by atoms with Gasteiger partial charge in [0.15, 0.2) is 0 Å². The largest absolute Gasteiger partial charge is 0.394 e. The van der Waals surface area contributed by atoms with Gasteiger partial charge in [0.05, 0.1) is 12.1 Å². The van der Waals surface area contributed by atoms with E-state index in [9.17, 15) is 9.90 Å². The molecule has 3 N–H and O–H groups in total. The van der Waals surface area contributed by atoms with E-state index in [1.165, 1.54) is 0 Å². The predicted molar refractivity (Wildman–Crippen MR) is 56.5 cm³/mol. The Morgan fingerprint density at radius 3 is 2.93 bits per heavy atom. The second kappa shape index (κ2) is 3.70. The number of nitrogens with one attached hydrogen (secondary N) is 2. The zero-order valence-corrected chi connectivity index (χ0v) is 8.79. The average molecular weight is 208 g/mol. The van der Waals surface area contributed by atoms with Crippen molar-refractivity contribution in [2.45, 2.75) is 25.3 Å². The highest BCUT2D eigenvalue weighted by Crippen LogP contribution is 2.39. The first kappa shape index (κ1) is 10.2. The molecule has 1 aliphatic rings. The summed E-state index contributed by atoms with van der Waals surface area (Å²) in [5, 5.41) is 12.2. The van der Waals surface area contributed by atoms with Crippen LogP contribution in [0.1, 0.15) is 30.3 Å². The van der Waals surface area contributed by atoms with E-state index >= 15 is 0 Å². The second-order valence-electron chi connectivity index (χ2n) is 4.39. The molecule has 1 heterocycles. The van der Waals surface area contributed by atoms with Crippen molar-refractivity contribution >= 4 is 5.91 Å². The minimum Gasteiger partial charge on any atom is -0.394 e. The van der Waals surface area contributed by atoms with Crippen molar-refractivity contribution in [1.82, 2.24) is 10.3 Å². The first-order valence-corrected chi connectivity index (χ1v) is 5.22. The maximum atomic E-state index is 11.8. The minimum atomic E-state index is -0.470. The summed E-state index contributed by atoms with van der Waals surface area (Å²) in [4.78, 5) is 14.6. The molecule has 0 aliphatic heterocycles. The summed E-state index contributed by atoms with van der Waals surface area (Å²) >= 11 is 0. The van der Waals surface area contributed by atoms with Crippen LogP contribution in [0.3, 0.4) is 0 Å². The molecule has 0 bridgehead atoms. The minimum absolute atomic E-state index is 0.00981. The van der Waals surface area contributed by atoms with Crippen LogP contribution in [-0.4, -0.2) is 28.1 Å². The number of carbonyl (C=O) groups is 1. The summed E-state index contributed by atoms with van der Waals surface area (Å²) in [6.45, 7) is 1.88. The van der Waals surface area contributed by atoms with Crippen molar-refractivity contribution in [3.63, 3.8) is 0 Å². The first-order valence-electron chi connectivity index (χ1n) is 5.22. The van der Waals surface area contributed by atoms with Crippen LogP contribution in [0.4, 0.5) is 0 Å². The number of aromatic nitrogens is 1. The Kier molecular flexibility index (Phi) is 2.52. The van der Waals surface area contributed by atoms with Gasteiger partial charge in [-0.15, -0.1) is 0 Å². The Morgan fingerprint density at radius 2 is 2.47 bits per heavy atom. The van der Waals surface area contributed by atoms with Crippen molar-refractivity contribution in [2.75, 3.05) is 6.61 Å². The topological polar surface area (TPSA) is 65.1 Å². The molecule has 1 amide bonds. The summed E-state index contributed by atoms with van der Waals surface area (Å²) in [6, 6.07) is 3.50. The van der Waals surface area contributed by atoms with Crippen LogP contribution in [0.5, 0.6) is 0 Å². The molecule has 1 aromatic heterocycles. The zero-order chi connectivity index (χ0) is 10.9. The number of carbonyl (C=O) groups excluding carboxylic acids is 1. The molecular weight excluding hydrogens is 192 g/mol. The SMILES string of the molecule is CC(CO)(NC(=O)c1ccc[nH]1)C1CC1. The van der Waals surface area contributed by atoms with Gasteiger partial charge in [-0.3, -0.25) is 4.79 Å². The van der Waals surface area contributed by atoms with Gasteiger partial charge in [0, 0.05) is 6.20 Å². The van der Waals surface area contributed by atoms with E-state index in [0.717, 1.165) is 12.8 Å². The van der Waals surface area contributed by atoms with Crippen molar-refractivity contribution in [2.24, 2.45) is 5.92 Å². The third-order valence-corrected chi connectivity index (χ3v) is 3.05. The molecular formula is C11H16N2O2. The molecule has 0 spiro atoms. The van der Waals surface area contributed by atoms with Crippen LogP contribution in [0.25, 0.3) is 0 Å². The van der Waals surface area contributed by atoms with Crippen LogP contribution in [0.15, 0.2) is 18.3 Å². The molecule has 15 heavy (non-hydrogen) atoms. The fourth-order valence-corrected chi connectivity index (χ4v) is 1.79. The quantitative estimate of drug-likeness (QED) is 0.688. The summed E-state index contributed by atoms with van der Waals surface area (Å²) in [7, 11) is 0. The normalized spacial score (nSPS) is 19.6. The van der Waals surface area contributed by atoms with E-state index in [0.29, 0.717) is 11.6 Å². The molecule has 1 aromatic rings. The summed E-state index contributed by atoms with van der Waals surface area (Å²) in [5.74, 6) is 0.268. The van der Waals surface area contributed by atoms with Gasteiger partial charge in [0.25, 0.3) is 5.91 Å². The third-order valence-electron chi connectivity index (χ3n) is 3.05. The molecule has 0 radical (unpaired) electrons. The van der Waals surface area contributed by atoms with Gasteiger partial charge in [-0.25, -0.2) is 0 Å². The van der Waals surface area contributed by atoms with Gasteiger partial charge < -0.3 is 15.4 Å². The number of hydrogen-bond donors (Lipinski definition) is 3. The highest BCUT2D eigenvalue weighted by Gasteiger charge is 2.42. The molecule has 1 unspecified atom stereocenters. The van der Waals surface area contributed by atoms with Gasteiger partial charge in [0.1, 0.15) is 5.69 Å². The monoisotopic (exact) mass is 208 g/mol. The van der Waals surface area contributed by atoms with Gasteiger partial charge in [0.2, 0.25) is 0 Å². The third kappa shape index (κ3) is 2.04. The Morgan fingerprint density at radius 1 is 1.73 bits per heavy atom. The Hall–Kier alpha value is -1.29. The molecule has 0 saturated heterocycles. The highest BCUT2D eigenvalue weighted by atomic mass is 16.3. The molecule has 82 valence electrons. The predicted octanol–water partition coefficient (Wildman–Crippen LogP) is 0.906. The smallest absolute Gasteiger partial charge is 0.268 e. The Labute approximate surface area is 88.7 Å². The lowest BCUT2D eigenvalue weighted by molar-refractivity contribution is 0.0820. The van der Waals surface area contributed by atoms with Gasteiger partial charge in [-0.2, -0.15) is 0 Å². The number of amides is 1. The van der Waals surface area contributed by atoms with E-state index in [2.05, 4.69) is 10.3 Å². The summed E-state index contributed by atoms with van der Waals surface area (Å²) in [5.41, 5.74) is 0.0673. The van der Waals surface area contributed by atoms with Gasteiger partial charge in [-0.1, -0.05) is 0 Å². The van der Waals surface area contributed by atoms with E-state index in [1.54, 1.807) is 18.3 Å². The number of aliphatic hydroxyl groups is 1. The van der Waals surface area contributed by atoms with Crippen molar-refractivity contribution in [3.8, 4) is 0 Å². The molecule has 1 atom stereocenters. The lowest BCUT2D eigenvalue weighted by Gasteiger charge is -2.28. The zero-order valence-electron chi connectivity index (χ0n) is 8.79. The molecule has 0 aromatic carbocycles. The first-order chi connectivity index (χ1) is 7.15. The van der Waals surface area contributed by atoms with Crippen molar-refractivity contribution in [3.05, 3.63) is 24.0 Å². The summed E-state index contributed by atoms with van der Waals surface area (Å²) in [6.07, 6.45) is 3.88. The standard InChI is InChI=1S/C11H16N2O2/c1-11(7-14,8-4-5-8)13-10(15)9-3-2-6-12-9/h2-3,6,8,12,14H,4-5,7H2,1H3,(H,13,15). The maximum Gasteiger partial charge on any atom is 0.268 e. The average Bonchev–Trinajstić information content (AvgIpc) is 2.94. The van der Waals surface area contributed by atoms with E-state index < -0.39 is 5.54 Å². The molecule has 1 saturated carbocycles. The van der Waals surface area contributed by atoms with Crippen LogP contribution in [-0.2, 0) is 0 Å². The van der Waals surface area contributed by atoms with E-state index in [4.69, 9.17) is 0 Å². The number of aromatic amines is 1. The van der Waals surface area contributed by atoms with Crippen LogP contribution in [0, 0.1) is 5.92 Å². The molecule has 1 aliphatic carbocycles. The van der Waals surface area contributed by atoms with Crippen molar-refractivity contribution in [1.29, 1.82) is 0 Å². The van der Waals surface area contributed by atoms with Crippen LogP contribution >= 0.6 is 0 Å². The van der Waals surface area contributed by atoms with Crippen LogP contribution in [0.2, 0.25) is 0 Å². The van der Waals surface area contributed by atoms with E-state index in [1.807, 2.05) is 6.92 Å². The number of aliphatic hydroxyl groups excluding tert-OH is 1. The number of rotatable bonds is 4. The summed E-state index contributed by atoms with van der Waals surface area (Å²) < 4.78 is 0. The molecule has 4 heteroatoms. The maximum absolute atomic E-state index is 11.8. The van der Waals surface area contributed by atoms with Gasteiger partial charge >= 0.3 is 0 Å². The second-order valence-corrected chi connectivity index (χ2v) is 4.39. The Bertz CT molecular complexity index is 343. The molecule has 1 fully saturated rings. The molecule has 2 rings (SSSR count). The lowest BCUT2D eigenvalue weighted by atomic mass is 9.97. The molecule has 4 nitrogen and oxygen atoms in total.